The fraction of sp³-hybridized carbons (Fsp3) is 0.400. The molecule has 0 saturated heterocycles. The molecule has 6 heteroatoms. The lowest BCUT2D eigenvalue weighted by Gasteiger charge is -2.20. The predicted molar refractivity (Wildman–Crippen MR) is 83.8 cm³/mol. The summed E-state index contributed by atoms with van der Waals surface area (Å²) in [6.07, 6.45) is -0.602. The molecule has 2 rings (SSSR count). The van der Waals surface area contributed by atoms with Crippen molar-refractivity contribution in [3.8, 4) is 5.75 Å². The van der Waals surface area contributed by atoms with E-state index in [1.807, 2.05) is 24.3 Å². The van der Waals surface area contributed by atoms with Crippen molar-refractivity contribution in [3.63, 3.8) is 0 Å². The lowest BCUT2D eigenvalue weighted by molar-refractivity contribution is -0.122. The normalized spacial score (nSPS) is 12.8. The van der Waals surface area contributed by atoms with E-state index >= 15 is 0 Å². The molecule has 1 aromatic carbocycles. The number of carbonyl (C=O) groups is 1. The number of aromatic nitrogens is 2. The molecule has 1 aromatic heterocycles. The van der Waals surface area contributed by atoms with Crippen LogP contribution in [0.15, 0.2) is 29.8 Å². The van der Waals surface area contributed by atoms with Crippen molar-refractivity contribution in [1.82, 2.24) is 10.2 Å². The van der Waals surface area contributed by atoms with Crippen molar-refractivity contribution >= 4 is 22.4 Å². The molecule has 1 heterocycles. The molecule has 5 nitrogen and oxygen atoms in total. The van der Waals surface area contributed by atoms with Gasteiger partial charge in [-0.25, -0.2) is 0 Å². The number of nitrogens with zero attached hydrogens (tertiary/aromatic N) is 2. The third-order valence-electron chi connectivity index (χ3n) is 2.99. The van der Waals surface area contributed by atoms with E-state index in [-0.39, 0.29) is 11.3 Å². The van der Waals surface area contributed by atoms with Gasteiger partial charge in [0.25, 0.3) is 5.91 Å². The summed E-state index contributed by atoms with van der Waals surface area (Å²) >= 11 is 1.27. The average molecular weight is 305 g/mol. The molecular formula is C15H19N3O2S. The van der Waals surface area contributed by atoms with Crippen molar-refractivity contribution in [2.24, 2.45) is 0 Å². The zero-order chi connectivity index (χ0) is 15.5. The minimum atomic E-state index is -0.602. The van der Waals surface area contributed by atoms with E-state index in [2.05, 4.69) is 36.3 Å². The Kier molecular flexibility index (Phi) is 4.57. The number of ether oxygens (including phenoxy) is 1. The van der Waals surface area contributed by atoms with Gasteiger partial charge in [0.2, 0.25) is 5.13 Å². The number of hydrogen-bond donors (Lipinski definition) is 1. The van der Waals surface area contributed by atoms with E-state index in [0.29, 0.717) is 10.9 Å². The van der Waals surface area contributed by atoms with Crippen molar-refractivity contribution in [2.45, 2.75) is 39.2 Å². The van der Waals surface area contributed by atoms with Gasteiger partial charge >= 0.3 is 0 Å². The van der Waals surface area contributed by atoms with E-state index < -0.39 is 6.10 Å². The molecule has 0 spiro atoms. The quantitative estimate of drug-likeness (QED) is 0.942. The van der Waals surface area contributed by atoms with Crippen molar-refractivity contribution < 1.29 is 9.53 Å². The van der Waals surface area contributed by atoms with Crippen LogP contribution >= 0.6 is 11.3 Å². The third kappa shape index (κ3) is 4.26. The average Bonchev–Trinajstić information content (AvgIpc) is 2.91. The first-order chi connectivity index (χ1) is 9.86. The molecule has 0 aliphatic carbocycles. The second-order valence-corrected chi connectivity index (χ2v) is 6.60. The van der Waals surface area contributed by atoms with Crippen LogP contribution in [-0.2, 0) is 10.2 Å². The number of anilines is 1. The highest BCUT2D eigenvalue weighted by Gasteiger charge is 2.17. The first-order valence-corrected chi connectivity index (χ1v) is 7.58. The zero-order valence-corrected chi connectivity index (χ0v) is 13.4. The van der Waals surface area contributed by atoms with E-state index in [1.54, 1.807) is 12.4 Å². The number of rotatable bonds is 4. The molecule has 112 valence electrons. The van der Waals surface area contributed by atoms with Gasteiger partial charge in [0.1, 0.15) is 11.3 Å². The Morgan fingerprint density at radius 1 is 1.29 bits per heavy atom. The summed E-state index contributed by atoms with van der Waals surface area (Å²) in [6.45, 7) is 8.16. The molecule has 0 aliphatic heterocycles. The first-order valence-electron chi connectivity index (χ1n) is 6.70. The van der Waals surface area contributed by atoms with E-state index in [4.69, 9.17) is 4.74 Å². The maximum absolute atomic E-state index is 11.9. The van der Waals surface area contributed by atoms with Gasteiger partial charge < -0.3 is 4.74 Å². The highest BCUT2D eigenvalue weighted by molar-refractivity contribution is 7.13. The molecule has 0 bridgehead atoms. The van der Waals surface area contributed by atoms with Crippen molar-refractivity contribution in [3.05, 3.63) is 35.3 Å². The van der Waals surface area contributed by atoms with Crippen LogP contribution in [0.1, 0.15) is 33.3 Å². The third-order valence-corrected chi connectivity index (χ3v) is 3.60. The highest BCUT2D eigenvalue weighted by atomic mass is 32.1. The fourth-order valence-corrected chi connectivity index (χ4v) is 2.17. The maximum Gasteiger partial charge on any atom is 0.266 e. The molecule has 0 unspecified atom stereocenters. The van der Waals surface area contributed by atoms with Crippen LogP contribution in [0.5, 0.6) is 5.75 Å². The number of benzene rings is 1. The second kappa shape index (κ2) is 6.22. The predicted octanol–water partition coefficient (Wildman–Crippen LogP) is 3.24. The molecule has 1 amide bonds. The monoisotopic (exact) mass is 305 g/mol. The van der Waals surface area contributed by atoms with Gasteiger partial charge in [-0.05, 0) is 30.0 Å². The zero-order valence-electron chi connectivity index (χ0n) is 12.6. The SMILES string of the molecule is C[C@@H](Oc1ccc(C(C)(C)C)cc1)C(=O)Nc1nncs1. The molecule has 0 aliphatic rings. The van der Waals surface area contributed by atoms with Crippen LogP contribution in [-0.4, -0.2) is 22.2 Å². The Morgan fingerprint density at radius 3 is 2.48 bits per heavy atom. The van der Waals surface area contributed by atoms with Gasteiger partial charge in [0, 0.05) is 0 Å². The fourth-order valence-electron chi connectivity index (χ4n) is 1.73. The number of carbonyl (C=O) groups excluding carboxylic acids is 1. The highest BCUT2D eigenvalue weighted by Crippen LogP contribution is 2.24. The van der Waals surface area contributed by atoms with Crippen LogP contribution in [0.3, 0.4) is 0 Å². The summed E-state index contributed by atoms with van der Waals surface area (Å²) in [6, 6.07) is 7.81. The Labute approximate surface area is 128 Å². The van der Waals surface area contributed by atoms with Crippen LogP contribution in [0.25, 0.3) is 0 Å². The molecule has 1 atom stereocenters. The van der Waals surface area contributed by atoms with Gasteiger partial charge in [0.15, 0.2) is 6.10 Å². The minimum Gasteiger partial charge on any atom is -0.481 e. The Bertz CT molecular complexity index is 588. The molecule has 0 radical (unpaired) electrons. The topological polar surface area (TPSA) is 64.1 Å². The summed E-state index contributed by atoms with van der Waals surface area (Å²) in [5.74, 6) is 0.426. The lowest BCUT2D eigenvalue weighted by Crippen LogP contribution is -2.30. The summed E-state index contributed by atoms with van der Waals surface area (Å²) in [7, 11) is 0. The summed E-state index contributed by atoms with van der Waals surface area (Å²) < 4.78 is 5.64. The Hall–Kier alpha value is -1.95. The molecule has 0 saturated carbocycles. The van der Waals surface area contributed by atoms with E-state index in [1.165, 1.54) is 16.9 Å². The molecule has 1 N–H and O–H groups in total. The van der Waals surface area contributed by atoms with Crippen molar-refractivity contribution in [1.29, 1.82) is 0 Å². The van der Waals surface area contributed by atoms with Crippen molar-refractivity contribution in [2.75, 3.05) is 5.32 Å². The number of hydrogen-bond acceptors (Lipinski definition) is 5. The molecular weight excluding hydrogens is 286 g/mol. The second-order valence-electron chi connectivity index (χ2n) is 5.77. The largest absolute Gasteiger partial charge is 0.481 e. The molecule has 21 heavy (non-hydrogen) atoms. The van der Waals surface area contributed by atoms with Gasteiger partial charge in [-0.3, -0.25) is 10.1 Å². The van der Waals surface area contributed by atoms with Gasteiger partial charge in [-0.1, -0.05) is 44.2 Å². The summed E-state index contributed by atoms with van der Waals surface area (Å²) in [5.41, 5.74) is 2.88. The Balaban J connectivity index is 1.96. The van der Waals surface area contributed by atoms with E-state index in [9.17, 15) is 4.79 Å². The Morgan fingerprint density at radius 2 is 1.95 bits per heavy atom. The van der Waals surface area contributed by atoms with Crippen LogP contribution in [0.4, 0.5) is 5.13 Å². The smallest absolute Gasteiger partial charge is 0.266 e. The van der Waals surface area contributed by atoms with Crippen LogP contribution in [0, 0.1) is 0 Å². The number of nitrogens with one attached hydrogen (secondary N) is 1. The molecule has 0 fully saturated rings. The standard InChI is InChI=1S/C15H19N3O2S/c1-10(13(19)17-14-18-16-9-21-14)20-12-7-5-11(6-8-12)15(2,3)4/h5-10H,1-4H3,(H,17,18,19)/t10-/m1/s1. The van der Waals surface area contributed by atoms with Gasteiger partial charge in [-0.2, -0.15) is 0 Å². The number of amides is 1. The molecule has 2 aromatic rings. The van der Waals surface area contributed by atoms with E-state index in [0.717, 1.165) is 0 Å². The summed E-state index contributed by atoms with van der Waals surface area (Å²) in [4.78, 5) is 11.9. The minimum absolute atomic E-state index is 0.0966. The lowest BCUT2D eigenvalue weighted by atomic mass is 9.87. The van der Waals surface area contributed by atoms with Crippen LogP contribution < -0.4 is 10.1 Å². The summed E-state index contributed by atoms with van der Waals surface area (Å²) in [5, 5.41) is 10.6. The van der Waals surface area contributed by atoms with Gasteiger partial charge in [0.05, 0.1) is 0 Å². The maximum atomic E-state index is 11.9. The first kappa shape index (κ1) is 15.4. The van der Waals surface area contributed by atoms with Crippen LogP contribution in [0.2, 0.25) is 0 Å². The van der Waals surface area contributed by atoms with Gasteiger partial charge in [-0.15, -0.1) is 10.2 Å².